The number of aliphatic hydroxyl groups excluding tert-OH is 1. The van der Waals surface area contributed by atoms with E-state index in [2.05, 4.69) is 4.98 Å². The van der Waals surface area contributed by atoms with E-state index in [1.54, 1.807) is 17.0 Å². The van der Waals surface area contributed by atoms with Crippen LogP contribution in [-0.4, -0.2) is 33.9 Å². The molecule has 1 N–H and O–H groups in total. The zero-order valence-electron chi connectivity index (χ0n) is 11.3. The molecule has 2 rings (SSSR count). The molecule has 1 unspecified atom stereocenters. The van der Waals surface area contributed by atoms with Crippen molar-refractivity contribution in [1.82, 2.24) is 9.55 Å². The van der Waals surface area contributed by atoms with Crippen LogP contribution in [0.15, 0.2) is 17.2 Å². The van der Waals surface area contributed by atoms with E-state index in [4.69, 9.17) is 0 Å². The molecule has 0 aliphatic carbocycles. The average Bonchev–Trinajstić information content (AvgIpc) is 2.27. The molecule has 18 heavy (non-hydrogen) atoms. The number of nitrogens with zero attached hydrogens (tertiary/aromatic N) is 3. The number of piperidine rings is 1. The first kappa shape index (κ1) is 13.1. The van der Waals surface area contributed by atoms with Crippen molar-refractivity contribution >= 4 is 5.82 Å². The van der Waals surface area contributed by atoms with E-state index in [1.807, 2.05) is 25.7 Å². The fourth-order valence-corrected chi connectivity index (χ4v) is 2.29. The summed E-state index contributed by atoms with van der Waals surface area (Å²) < 4.78 is 1.69. The molecule has 1 aromatic heterocycles. The highest BCUT2D eigenvalue weighted by atomic mass is 16.3. The quantitative estimate of drug-likeness (QED) is 0.807. The van der Waals surface area contributed by atoms with Gasteiger partial charge < -0.3 is 14.6 Å². The van der Waals surface area contributed by atoms with E-state index in [1.165, 1.54) is 0 Å². The zero-order valence-corrected chi connectivity index (χ0v) is 11.3. The molecule has 1 aromatic rings. The Hall–Kier alpha value is -1.36. The van der Waals surface area contributed by atoms with Crippen molar-refractivity contribution < 1.29 is 5.11 Å². The van der Waals surface area contributed by atoms with Gasteiger partial charge in [-0.15, -0.1) is 0 Å². The summed E-state index contributed by atoms with van der Waals surface area (Å²) in [6.45, 7) is 7.25. The Kier molecular flexibility index (Phi) is 3.43. The average molecular weight is 251 g/mol. The van der Waals surface area contributed by atoms with Crippen molar-refractivity contribution in [2.75, 3.05) is 18.0 Å². The number of hydrogen-bond acceptors (Lipinski definition) is 4. The van der Waals surface area contributed by atoms with E-state index < -0.39 is 0 Å². The first-order valence-corrected chi connectivity index (χ1v) is 6.41. The number of rotatable bonds is 1. The van der Waals surface area contributed by atoms with Gasteiger partial charge in [0, 0.05) is 31.0 Å². The topological polar surface area (TPSA) is 58.4 Å². The summed E-state index contributed by atoms with van der Waals surface area (Å²) >= 11 is 0. The smallest absolute Gasteiger partial charge is 0.293 e. The fourth-order valence-electron chi connectivity index (χ4n) is 2.29. The van der Waals surface area contributed by atoms with Crippen LogP contribution in [0.4, 0.5) is 5.82 Å². The van der Waals surface area contributed by atoms with Crippen LogP contribution >= 0.6 is 0 Å². The Morgan fingerprint density at radius 3 is 2.78 bits per heavy atom. The number of β-amino-alcohol motifs (C(OH)–C–C–N with tert-alkyl or cyclic N) is 1. The molecule has 0 aromatic carbocycles. The lowest BCUT2D eigenvalue weighted by Gasteiger charge is -2.31. The lowest BCUT2D eigenvalue weighted by atomic mass is 10.1. The Morgan fingerprint density at radius 2 is 2.17 bits per heavy atom. The largest absolute Gasteiger partial charge is 0.391 e. The maximum atomic E-state index is 12.4. The molecule has 1 aliphatic heterocycles. The van der Waals surface area contributed by atoms with Crippen LogP contribution in [0.25, 0.3) is 0 Å². The number of anilines is 1. The number of aromatic nitrogens is 2. The molecule has 0 bridgehead atoms. The van der Waals surface area contributed by atoms with E-state index in [-0.39, 0.29) is 17.2 Å². The van der Waals surface area contributed by atoms with Crippen molar-refractivity contribution in [2.45, 2.75) is 45.3 Å². The molecule has 0 saturated carbocycles. The number of hydrogen-bond donors (Lipinski definition) is 1. The van der Waals surface area contributed by atoms with E-state index in [0.717, 1.165) is 19.4 Å². The van der Waals surface area contributed by atoms with Crippen molar-refractivity contribution in [1.29, 1.82) is 0 Å². The highest BCUT2D eigenvalue weighted by molar-refractivity contribution is 5.36. The predicted octanol–water partition coefficient (Wildman–Crippen LogP) is 0.959. The summed E-state index contributed by atoms with van der Waals surface area (Å²) in [6, 6.07) is 0. The minimum Gasteiger partial charge on any atom is -0.391 e. The third-order valence-corrected chi connectivity index (χ3v) is 3.24. The molecule has 5 heteroatoms. The second kappa shape index (κ2) is 4.72. The molecule has 0 amide bonds. The first-order chi connectivity index (χ1) is 8.39. The molecule has 0 radical (unpaired) electrons. The Balaban J connectivity index is 2.37. The first-order valence-electron chi connectivity index (χ1n) is 6.41. The fraction of sp³-hybridized carbons (Fsp3) is 0.692. The molecule has 0 spiro atoms. The monoisotopic (exact) mass is 251 g/mol. The zero-order chi connectivity index (χ0) is 13.3. The lowest BCUT2D eigenvalue weighted by Crippen LogP contribution is -2.44. The summed E-state index contributed by atoms with van der Waals surface area (Å²) in [5.41, 5.74) is -0.345. The molecule has 1 atom stereocenters. The second-order valence-corrected chi connectivity index (χ2v) is 5.84. The Bertz CT molecular complexity index is 476. The molecular weight excluding hydrogens is 230 g/mol. The van der Waals surface area contributed by atoms with E-state index in [9.17, 15) is 9.90 Å². The third-order valence-electron chi connectivity index (χ3n) is 3.24. The van der Waals surface area contributed by atoms with Gasteiger partial charge in [0.1, 0.15) is 0 Å². The molecule has 1 saturated heterocycles. The highest BCUT2D eigenvalue weighted by Crippen LogP contribution is 2.16. The molecular formula is C13H21N3O2. The predicted molar refractivity (Wildman–Crippen MR) is 70.9 cm³/mol. The van der Waals surface area contributed by atoms with Crippen molar-refractivity contribution in [3.63, 3.8) is 0 Å². The molecule has 1 aliphatic rings. The van der Waals surface area contributed by atoms with Crippen LogP contribution in [0.2, 0.25) is 0 Å². The highest BCUT2D eigenvalue weighted by Gasteiger charge is 2.23. The SMILES string of the molecule is CC(C)(C)n1ccnc(N2CCCC(O)C2)c1=O. The van der Waals surface area contributed by atoms with Gasteiger partial charge in [-0.3, -0.25) is 4.79 Å². The maximum Gasteiger partial charge on any atom is 0.293 e. The summed E-state index contributed by atoms with van der Waals surface area (Å²) in [5, 5.41) is 9.68. The van der Waals surface area contributed by atoms with Crippen molar-refractivity contribution in [2.24, 2.45) is 0 Å². The Morgan fingerprint density at radius 1 is 1.44 bits per heavy atom. The minimum absolute atomic E-state index is 0.0842. The third kappa shape index (κ3) is 2.56. The normalized spacial score (nSPS) is 21.1. The van der Waals surface area contributed by atoms with Gasteiger partial charge in [0.15, 0.2) is 5.82 Å². The van der Waals surface area contributed by atoms with Crippen molar-refractivity contribution in [3.05, 3.63) is 22.7 Å². The standard InChI is InChI=1S/C13H21N3O2/c1-13(2,3)16-8-6-14-11(12(16)18)15-7-4-5-10(17)9-15/h6,8,10,17H,4-5,7,9H2,1-3H3. The molecule has 2 heterocycles. The lowest BCUT2D eigenvalue weighted by molar-refractivity contribution is 0.153. The molecule has 100 valence electrons. The van der Waals surface area contributed by atoms with Gasteiger partial charge in [0.25, 0.3) is 5.56 Å². The minimum atomic E-state index is -0.358. The summed E-state index contributed by atoms with van der Waals surface area (Å²) in [5.74, 6) is 0.450. The van der Waals surface area contributed by atoms with Gasteiger partial charge >= 0.3 is 0 Å². The summed E-state index contributed by atoms with van der Waals surface area (Å²) in [4.78, 5) is 18.5. The van der Waals surface area contributed by atoms with Crippen molar-refractivity contribution in [3.8, 4) is 0 Å². The van der Waals surface area contributed by atoms with Crippen LogP contribution in [0.1, 0.15) is 33.6 Å². The van der Waals surface area contributed by atoms with E-state index >= 15 is 0 Å². The van der Waals surface area contributed by atoms with Gasteiger partial charge in [-0.1, -0.05) is 0 Å². The van der Waals surface area contributed by atoms with Gasteiger partial charge in [-0.05, 0) is 33.6 Å². The Labute approximate surface area is 107 Å². The summed E-state index contributed by atoms with van der Waals surface area (Å²) in [6.07, 6.45) is 4.71. The van der Waals surface area contributed by atoms with Gasteiger partial charge in [-0.25, -0.2) is 4.98 Å². The van der Waals surface area contributed by atoms with Crippen LogP contribution in [0.3, 0.4) is 0 Å². The second-order valence-electron chi connectivity index (χ2n) is 5.84. The van der Waals surface area contributed by atoms with Crippen LogP contribution in [0.5, 0.6) is 0 Å². The maximum absolute atomic E-state index is 12.4. The molecule has 5 nitrogen and oxygen atoms in total. The summed E-state index contributed by atoms with van der Waals surface area (Å²) in [7, 11) is 0. The number of aliphatic hydroxyl groups is 1. The van der Waals surface area contributed by atoms with Crippen LogP contribution < -0.4 is 10.5 Å². The van der Waals surface area contributed by atoms with Gasteiger partial charge in [0.2, 0.25) is 0 Å². The molecule has 1 fully saturated rings. The van der Waals surface area contributed by atoms with Gasteiger partial charge in [0.05, 0.1) is 6.10 Å². The van der Waals surface area contributed by atoms with E-state index in [0.29, 0.717) is 12.4 Å². The van der Waals surface area contributed by atoms with Crippen LogP contribution in [-0.2, 0) is 5.54 Å². The van der Waals surface area contributed by atoms with Crippen LogP contribution in [0, 0.1) is 0 Å². The van der Waals surface area contributed by atoms with Gasteiger partial charge in [-0.2, -0.15) is 0 Å².